The molecule has 2 amide bonds. The molecule has 1 aromatic rings. The number of carbonyl (C=O) groups excluding carboxylic acids is 2. The largest absolute Gasteiger partial charge is 0.494 e. The number of benzene rings is 1. The smallest absolute Gasteiger partial charge is 0.246 e. The van der Waals surface area contributed by atoms with Crippen LogP contribution in [0.25, 0.3) is 0 Å². The molecule has 1 aliphatic carbocycles. The monoisotopic (exact) mass is 428 g/mol. The zero-order chi connectivity index (χ0) is 21.6. The number of rotatable bonds is 10. The summed E-state index contributed by atoms with van der Waals surface area (Å²) in [6, 6.07) is 6.19. The molecule has 8 heteroatoms. The van der Waals surface area contributed by atoms with E-state index in [0.717, 1.165) is 49.1 Å². The van der Waals surface area contributed by atoms with Gasteiger partial charge in [-0.25, -0.2) is 4.99 Å². The van der Waals surface area contributed by atoms with Crippen LogP contribution in [0.2, 0.25) is 0 Å². The SMILES string of the molecule is O=C1CN2Cc3ccc(OCCCCCC(=O)N(CCO)C4CCCC4)cc3N=C2N1. The van der Waals surface area contributed by atoms with E-state index in [9.17, 15) is 14.7 Å². The number of ether oxygens (including phenoxy) is 1. The Balaban J connectivity index is 1.18. The molecule has 1 aromatic carbocycles. The highest BCUT2D eigenvalue weighted by Crippen LogP contribution is 2.31. The molecule has 2 N–H and O–H groups in total. The fourth-order valence-corrected chi connectivity index (χ4v) is 4.64. The summed E-state index contributed by atoms with van der Waals surface area (Å²) >= 11 is 0. The molecular weight excluding hydrogens is 396 g/mol. The lowest BCUT2D eigenvalue weighted by molar-refractivity contribution is -0.134. The third kappa shape index (κ3) is 5.36. The number of hydrogen-bond donors (Lipinski definition) is 2. The van der Waals surface area contributed by atoms with Crippen LogP contribution in [0.5, 0.6) is 5.75 Å². The molecular formula is C23H32N4O4. The second kappa shape index (κ2) is 10.1. The third-order valence-electron chi connectivity index (χ3n) is 6.26. The number of fused-ring (bicyclic) bond motifs is 2. The topological polar surface area (TPSA) is 94.5 Å². The van der Waals surface area contributed by atoms with Crippen LogP contribution in [0.1, 0.15) is 56.9 Å². The van der Waals surface area contributed by atoms with E-state index in [0.29, 0.717) is 44.7 Å². The zero-order valence-electron chi connectivity index (χ0n) is 18.0. The Bertz CT molecular complexity index is 835. The van der Waals surface area contributed by atoms with E-state index in [1.54, 1.807) is 0 Å². The van der Waals surface area contributed by atoms with Gasteiger partial charge in [0.05, 0.1) is 18.9 Å². The van der Waals surface area contributed by atoms with Gasteiger partial charge in [-0.2, -0.15) is 0 Å². The summed E-state index contributed by atoms with van der Waals surface area (Å²) in [7, 11) is 0. The van der Waals surface area contributed by atoms with Gasteiger partial charge in [-0.3, -0.25) is 14.9 Å². The fourth-order valence-electron chi connectivity index (χ4n) is 4.64. The molecule has 2 fully saturated rings. The van der Waals surface area contributed by atoms with Crippen molar-refractivity contribution >= 4 is 23.5 Å². The number of hydrogen-bond acceptors (Lipinski definition) is 6. The van der Waals surface area contributed by atoms with Crippen molar-refractivity contribution in [2.45, 2.75) is 64.0 Å². The average molecular weight is 429 g/mol. The van der Waals surface area contributed by atoms with E-state index < -0.39 is 0 Å². The van der Waals surface area contributed by atoms with Crippen molar-refractivity contribution in [2.75, 3.05) is 26.3 Å². The first-order valence-corrected chi connectivity index (χ1v) is 11.4. The van der Waals surface area contributed by atoms with E-state index in [-0.39, 0.29) is 18.4 Å². The fraction of sp³-hybridized carbons (Fsp3) is 0.609. The number of aliphatic hydroxyl groups excluding tert-OH is 1. The molecule has 8 nitrogen and oxygen atoms in total. The van der Waals surface area contributed by atoms with Gasteiger partial charge >= 0.3 is 0 Å². The van der Waals surface area contributed by atoms with Crippen LogP contribution < -0.4 is 10.1 Å². The van der Waals surface area contributed by atoms with Crippen molar-refractivity contribution in [1.82, 2.24) is 15.1 Å². The summed E-state index contributed by atoms with van der Waals surface area (Å²) in [6.07, 6.45) is 7.68. The molecule has 0 atom stereocenters. The van der Waals surface area contributed by atoms with Crippen molar-refractivity contribution < 1.29 is 19.4 Å². The van der Waals surface area contributed by atoms with Gasteiger partial charge in [0, 0.05) is 31.6 Å². The third-order valence-corrected chi connectivity index (χ3v) is 6.26. The van der Waals surface area contributed by atoms with Gasteiger partial charge in [-0.15, -0.1) is 0 Å². The zero-order valence-corrected chi connectivity index (χ0v) is 18.0. The molecule has 1 saturated carbocycles. The lowest BCUT2D eigenvalue weighted by Gasteiger charge is -2.28. The molecule has 2 heterocycles. The number of guanidine groups is 1. The summed E-state index contributed by atoms with van der Waals surface area (Å²) in [4.78, 5) is 32.4. The average Bonchev–Trinajstić information content (AvgIpc) is 3.41. The molecule has 0 unspecified atom stereocenters. The van der Waals surface area contributed by atoms with Crippen LogP contribution in [0, 0.1) is 0 Å². The van der Waals surface area contributed by atoms with Crippen molar-refractivity contribution in [3.63, 3.8) is 0 Å². The summed E-state index contributed by atoms with van der Waals surface area (Å²) < 4.78 is 5.88. The molecule has 31 heavy (non-hydrogen) atoms. The Labute approximate surface area is 183 Å². The number of nitrogens with zero attached hydrogens (tertiary/aromatic N) is 3. The van der Waals surface area contributed by atoms with Gasteiger partial charge in [0.1, 0.15) is 12.3 Å². The number of aliphatic hydroxyl groups is 1. The Hall–Kier alpha value is -2.61. The molecule has 4 rings (SSSR count). The predicted molar refractivity (Wildman–Crippen MR) is 117 cm³/mol. The molecule has 2 aliphatic heterocycles. The van der Waals surface area contributed by atoms with Crippen LogP contribution in [-0.2, 0) is 16.1 Å². The van der Waals surface area contributed by atoms with E-state index >= 15 is 0 Å². The molecule has 0 radical (unpaired) electrons. The Morgan fingerprint density at radius 3 is 2.87 bits per heavy atom. The Morgan fingerprint density at radius 1 is 1.23 bits per heavy atom. The van der Waals surface area contributed by atoms with Crippen LogP contribution in [0.4, 0.5) is 5.69 Å². The molecule has 3 aliphatic rings. The lowest BCUT2D eigenvalue weighted by atomic mass is 10.1. The Morgan fingerprint density at radius 2 is 2.06 bits per heavy atom. The number of aliphatic imine (C=N–C) groups is 1. The van der Waals surface area contributed by atoms with Crippen LogP contribution in [0.3, 0.4) is 0 Å². The minimum absolute atomic E-state index is 0.0239. The summed E-state index contributed by atoms with van der Waals surface area (Å²) in [5.74, 6) is 1.53. The maximum absolute atomic E-state index is 12.6. The van der Waals surface area contributed by atoms with Crippen molar-refractivity contribution in [3.05, 3.63) is 23.8 Å². The lowest BCUT2D eigenvalue weighted by Crippen LogP contribution is -2.40. The highest BCUT2D eigenvalue weighted by molar-refractivity contribution is 6.05. The van der Waals surface area contributed by atoms with Gasteiger partial charge < -0.3 is 19.6 Å². The maximum Gasteiger partial charge on any atom is 0.246 e. The first kappa shape index (κ1) is 21.6. The molecule has 0 aromatic heterocycles. The second-order valence-corrected chi connectivity index (χ2v) is 8.54. The van der Waals surface area contributed by atoms with Gasteiger partial charge in [-0.1, -0.05) is 18.9 Å². The molecule has 0 bridgehead atoms. The summed E-state index contributed by atoms with van der Waals surface area (Å²) in [6.45, 7) is 2.12. The van der Waals surface area contributed by atoms with E-state index in [1.807, 2.05) is 28.0 Å². The Kier molecular flexibility index (Phi) is 7.06. The van der Waals surface area contributed by atoms with Crippen molar-refractivity contribution in [1.29, 1.82) is 0 Å². The molecule has 1 saturated heterocycles. The normalized spacial score (nSPS) is 17.8. The quantitative estimate of drug-likeness (QED) is 0.558. The minimum atomic E-state index is -0.0239. The van der Waals surface area contributed by atoms with Crippen molar-refractivity contribution in [3.8, 4) is 5.75 Å². The first-order valence-electron chi connectivity index (χ1n) is 11.4. The van der Waals surface area contributed by atoms with E-state index in [4.69, 9.17) is 4.74 Å². The van der Waals surface area contributed by atoms with Crippen molar-refractivity contribution in [2.24, 2.45) is 4.99 Å². The number of carbonyl (C=O) groups is 2. The highest BCUT2D eigenvalue weighted by atomic mass is 16.5. The molecule has 168 valence electrons. The standard InChI is InChI=1S/C23H32N4O4/c28-12-11-27(18-6-3-4-7-18)22(30)8-2-1-5-13-31-19-10-9-17-15-26-16-21(29)25-23(26)24-20(17)14-19/h9-10,14,18,28H,1-8,11-13,15-16H2,(H,24,25,29). The highest BCUT2D eigenvalue weighted by Gasteiger charge is 2.29. The molecule has 0 spiro atoms. The predicted octanol–water partition coefficient (Wildman–Crippen LogP) is 2.32. The maximum atomic E-state index is 12.6. The summed E-state index contributed by atoms with van der Waals surface area (Å²) in [5, 5.41) is 12.1. The van der Waals surface area contributed by atoms with Crippen LogP contribution >= 0.6 is 0 Å². The van der Waals surface area contributed by atoms with Crippen LogP contribution in [0.15, 0.2) is 23.2 Å². The first-order chi connectivity index (χ1) is 15.1. The number of nitrogens with one attached hydrogen (secondary N) is 1. The van der Waals surface area contributed by atoms with Gasteiger partial charge in [0.2, 0.25) is 17.8 Å². The van der Waals surface area contributed by atoms with E-state index in [2.05, 4.69) is 10.3 Å². The number of unbranched alkanes of at least 4 members (excludes halogenated alkanes) is 2. The second-order valence-electron chi connectivity index (χ2n) is 8.54. The van der Waals surface area contributed by atoms with Gasteiger partial charge in [0.25, 0.3) is 0 Å². The minimum Gasteiger partial charge on any atom is -0.494 e. The van der Waals surface area contributed by atoms with Gasteiger partial charge in [-0.05, 0) is 43.7 Å². The van der Waals surface area contributed by atoms with Crippen LogP contribution in [-0.4, -0.2) is 65.0 Å². The van der Waals surface area contributed by atoms with Gasteiger partial charge in [0.15, 0.2) is 0 Å². The number of amides is 2. The van der Waals surface area contributed by atoms with E-state index in [1.165, 1.54) is 12.8 Å². The summed E-state index contributed by atoms with van der Waals surface area (Å²) in [5.41, 5.74) is 1.92.